The van der Waals surface area contributed by atoms with Crippen LogP contribution in [0.5, 0.6) is 0 Å². The van der Waals surface area contributed by atoms with Crippen molar-refractivity contribution in [3.05, 3.63) is 59.5 Å². The van der Waals surface area contributed by atoms with E-state index in [1.54, 1.807) is 31.3 Å². The van der Waals surface area contributed by atoms with Crippen LogP contribution in [0.4, 0.5) is 5.82 Å². The first-order valence-electron chi connectivity index (χ1n) is 8.28. The fourth-order valence-electron chi connectivity index (χ4n) is 1.96. The van der Waals surface area contributed by atoms with Gasteiger partial charge in [-0.1, -0.05) is 24.3 Å². The normalized spacial score (nSPS) is 11.3. The largest absolute Gasteiger partial charge is 0.483 e. The van der Waals surface area contributed by atoms with Gasteiger partial charge in [0.15, 0.2) is 6.61 Å². The summed E-state index contributed by atoms with van der Waals surface area (Å²) in [4.78, 5) is 27.2. The molecule has 0 saturated carbocycles. The summed E-state index contributed by atoms with van der Waals surface area (Å²) in [5, 5.41) is 11.9. The van der Waals surface area contributed by atoms with Gasteiger partial charge >= 0.3 is 5.97 Å². The van der Waals surface area contributed by atoms with Crippen LogP contribution in [0.15, 0.2) is 54.0 Å². The minimum atomic E-state index is -0.415. The van der Waals surface area contributed by atoms with Crippen molar-refractivity contribution in [3.8, 4) is 6.07 Å². The number of rotatable bonds is 9. The van der Waals surface area contributed by atoms with Crippen molar-refractivity contribution in [2.24, 2.45) is 0 Å². The molecule has 27 heavy (non-hydrogen) atoms. The van der Waals surface area contributed by atoms with Crippen LogP contribution in [0.2, 0.25) is 0 Å². The number of anilines is 1. The van der Waals surface area contributed by atoms with Crippen LogP contribution in [-0.4, -0.2) is 30.6 Å². The van der Waals surface area contributed by atoms with E-state index >= 15 is 0 Å². The molecule has 0 fully saturated rings. The van der Waals surface area contributed by atoms with Gasteiger partial charge in [-0.15, -0.1) is 0 Å². The topological polar surface area (TPSA) is 101 Å². The Kier molecular flexibility index (Phi) is 9.03. The number of nitriles is 1. The van der Waals surface area contributed by atoms with Crippen molar-refractivity contribution in [2.75, 3.05) is 19.0 Å². The number of allylic oxidation sites excluding steroid dienone is 4. The molecule has 0 bridgehead atoms. The minimum Gasteiger partial charge on any atom is -0.483 e. The maximum atomic E-state index is 11.9. The summed E-state index contributed by atoms with van der Waals surface area (Å²) in [6, 6.07) is 5.49. The molecule has 1 amide bonds. The predicted octanol–water partition coefficient (Wildman–Crippen LogP) is 3.21. The number of aryl methyl sites for hydroxylation is 1. The van der Waals surface area contributed by atoms with Crippen molar-refractivity contribution in [1.82, 2.24) is 4.98 Å². The molecule has 0 atom stereocenters. The molecule has 142 valence electrons. The Morgan fingerprint density at radius 1 is 1.37 bits per heavy atom. The van der Waals surface area contributed by atoms with Crippen molar-refractivity contribution in [1.29, 1.82) is 5.26 Å². The van der Waals surface area contributed by atoms with E-state index in [-0.39, 0.29) is 30.3 Å². The molecule has 0 aromatic carbocycles. The molecular formula is C20H23N3O4. The van der Waals surface area contributed by atoms with Gasteiger partial charge in [0.25, 0.3) is 5.91 Å². The fraction of sp³-hybridized carbons (Fsp3) is 0.300. The number of esters is 1. The second-order valence-electron chi connectivity index (χ2n) is 5.59. The number of nitrogens with one attached hydrogen (secondary N) is 1. The van der Waals surface area contributed by atoms with Gasteiger partial charge < -0.3 is 14.8 Å². The second kappa shape index (κ2) is 11.3. The van der Waals surface area contributed by atoms with Crippen molar-refractivity contribution < 1.29 is 19.1 Å². The smallest absolute Gasteiger partial charge is 0.305 e. The molecule has 0 aliphatic heterocycles. The second-order valence-corrected chi connectivity index (χ2v) is 5.59. The lowest BCUT2D eigenvalue weighted by molar-refractivity contribution is -0.140. The third-order valence-electron chi connectivity index (χ3n) is 3.52. The van der Waals surface area contributed by atoms with E-state index in [2.05, 4.69) is 21.6 Å². The first-order valence-corrected chi connectivity index (χ1v) is 8.28. The van der Waals surface area contributed by atoms with Crippen LogP contribution in [-0.2, 0) is 19.1 Å². The van der Waals surface area contributed by atoms with Gasteiger partial charge in [-0.2, -0.15) is 5.26 Å². The third-order valence-corrected chi connectivity index (χ3v) is 3.52. The number of methoxy groups -OCH3 is 1. The lowest BCUT2D eigenvalue weighted by Crippen LogP contribution is -2.19. The molecule has 0 unspecified atom stereocenters. The maximum absolute atomic E-state index is 11.9. The number of carbonyl (C=O) groups excluding carboxylic acids is 2. The number of ether oxygens (including phenoxy) is 2. The molecule has 0 aliphatic carbocycles. The highest BCUT2D eigenvalue weighted by Gasteiger charge is 2.10. The molecule has 0 spiro atoms. The third kappa shape index (κ3) is 8.01. The maximum Gasteiger partial charge on any atom is 0.305 e. The van der Waals surface area contributed by atoms with Gasteiger partial charge in [0.2, 0.25) is 0 Å². The van der Waals surface area contributed by atoms with Crippen LogP contribution < -0.4 is 5.32 Å². The highest BCUT2D eigenvalue weighted by molar-refractivity contribution is 5.90. The molecule has 7 heteroatoms. The van der Waals surface area contributed by atoms with E-state index < -0.39 is 5.91 Å². The highest BCUT2D eigenvalue weighted by Crippen LogP contribution is 2.16. The average Bonchev–Trinajstić information content (AvgIpc) is 2.67. The molecule has 1 heterocycles. The monoisotopic (exact) mass is 369 g/mol. The first kappa shape index (κ1) is 21.6. The summed E-state index contributed by atoms with van der Waals surface area (Å²) in [5.41, 5.74) is 1.91. The van der Waals surface area contributed by atoms with Crippen LogP contribution in [0.25, 0.3) is 0 Å². The first-order chi connectivity index (χ1) is 12.9. The van der Waals surface area contributed by atoms with Crippen LogP contribution in [0.1, 0.15) is 25.3 Å². The summed E-state index contributed by atoms with van der Waals surface area (Å²) in [6.45, 7) is 7.07. The zero-order valence-electron chi connectivity index (χ0n) is 15.7. The molecule has 0 saturated heterocycles. The molecule has 7 nitrogen and oxygen atoms in total. The predicted molar refractivity (Wildman–Crippen MR) is 101 cm³/mol. The average molecular weight is 369 g/mol. The van der Waals surface area contributed by atoms with Crippen LogP contribution in [0, 0.1) is 18.3 Å². The Morgan fingerprint density at radius 3 is 2.67 bits per heavy atom. The standard InChI is InChI=1S/C20H23N3O4/c1-5-16(7-9-20(25)26-4)10-17(11-21)15(3)27-13-19(24)23-18-8-6-14(2)12-22-18/h5-6,8,10,12H,3,7,9,13H2,1-2,4H3,(H,22,23,24)/b16-5-,17-10-. The lowest BCUT2D eigenvalue weighted by Gasteiger charge is -2.09. The van der Waals surface area contributed by atoms with E-state index in [9.17, 15) is 14.9 Å². The van der Waals surface area contributed by atoms with Gasteiger partial charge in [-0.3, -0.25) is 9.59 Å². The van der Waals surface area contributed by atoms with Crippen molar-refractivity contribution in [2.45, 2.75) is 26.7 Å². The Hall–Kier alpha value is -3.40. The minimum absolute atomic E-state index is 0.0712. The van der Waals surface area contributed by atoms with Gasteiger partial charge in [0.05, 0.1) is 12.7 Å². The van der Waals surface area contributed by atoms with E-state index in [1.165, 1.54) is 7.11 Å². The number of amides is 1. The number of hydrogen-bond donors (Lipinski definition) is 1. The summed E-state index contributed by atoms with van der Waals surface area (Å²) >= 11 is 0. The van der Waals surface area contributed by atoms with E-state index in [4.69, 9.17) is 4.74 Å². The summed E-state index contributed by atoms with van der Waals surface area (Å²) < 4.78 is 9.90. The van der Waals surface area contributed by atoms with E-state index in [0.717, 1.165) is 11.1 Å². The van der Waals surface area contributed by atoms with Crippen LogP contribution in [0.3, 0.4) is 0 Å². The fourth-order valence-corrected chi connectivity index (χ4v) is 1.96. The molecular weight excluding hydrogens is 346 g/mol. The molecule has 1 aromatic rings. The lowest BCUT2D eigenvalue weighted by atomic mass is 10.1. The molecule has 0 radical (unpaired) electrons. The van der Waals surface area contributed by atoms with E-state index in [0.29, 0.717) is 12.2 Å². The summed E-state index contributed by atoms with van der Waals surface area (Å²) in [7, 11) is 1.32. The zero-order chi connectivity index (χ0) is 20.2. The van der Waals surface area contributed by atoms with Gasteiger partial charge in [-0.25, -0.2) is 4.98 Å². The SMILES string of the molecule is C=C(OCC(=O)Nc1ccc(C)cn1)/C(C#N)=C\C(=C/C)CCC(=O)OC. The zero-order valence-corrected chi connectivity index (χ0v) is 15.7. The number of pyridine rings is 1. The number of aromatic nitrogens is 1. The number of hydrogen-bond acceptors (Lipinski definition) is 6. The molecule has 0 aliphatic rings. The van der Waals surface area contributed by atoms with Crippen molar-refractivity contribution in [3.63, 3.8) is 0 Å². The molecule has 1 rings (SSSR count). The Bertz CT molecular complexity index is 786. The van der Waals surface area contributed by atoms with Crippen LogP contribution >= 0.6 is 0 Å². The van der Waals surface area contributed by atoms with E-state index in [1.807, 2.05) is 19.1 Å². The highest BCUT2D eigenvalue weighted by atomic mass is 16.5. The Labute approximate surface area is 159 Å². The Balaban J connectivity index is 2.61. The number of carbonyl (C=O) groups is 2. The van der Waals surface area contributed by atoms with Gasteiger partial charge in [-0.05, 0) is 38.0 Å². The molecule has 1 aromatic heterocycles. The summed E-state index contributed by atoms with van der Waals surface area (Å²) in [5.74, 6) is -0.267. The number of nitrogens with zero attached hydrogens (tertiary/aromatic N) is 2. The quantitative estimate of drug-likeness (QED) is 0.310. The van der Waals surface area contributed by atoms with Gasteiger partial charge in [0.1, 0.15) is 17.6 Å². The van der Waals surface area contributed by atoms with Crippen molar-refractivity contribution >= 4 is 17.7 Å². The molecule has 1 N–H and O–H groups in total. The summed E-state index contributed by atoms with van der Waals surface area (Å²) in [6.07, 6.45) is 5.61. The Morgan fingerprint density at radius 2 is 2.11 bits per heavy atom. The van der Waals surface area contributed by atoms with Gasteiger partial charge in [0, 0.05) is 12.6 Å².